The minimum absolute atomic E-state index is 0.00145. The normalized spacial score (nSPS) is 10.9. The number of thiocarbonyl (C=S) groups is 1. The lowest BCUT2D eigenvalue weighted by Crippen LogP contribution is -2.34. The lowest BCUT2D eigenvalue weighted by atomic mass is 10.2. The molecule has 0 aliphatic heterocycles. The van der Waals surface area contributed by atoms with Gasteiger partial charge < -0.3 is 10.1 Å². The lowest BCUT2D eigenvalue weighted by Gasteiger charge is -2.12. The highest BCUT2D eigenvalue weighted by Crippen LogP contribution is 2.23. The summed E-state index contributed by atoms with van der Waals surface area (Å²) in [5, 5.41) is 5.45. The Labute approximate surface area is 205 Å². The van der Waals surface area contributed by atoms with E-state index in [1.807, 2.05) is 0 Å². The van der Waals surface area contributed by atoms with Crippen molar-refractivity contribution in [1.82, 2.24) is 15.3 Å². The topological polar surface area (TPSA) is 122 Å². The van der Waals surface area contributed by atoms with Crippen LogP contribution in [0.15, 0.2) is 57.9 Å². The van der Waals surface area contributed by atoms with Crippen LogP contribution < -0.4 is 20.1 Å². The first-order valence-corrected chi connectivity index (χ1v) is 12.2. The Morgan fingerprint density at radius 1 is 1.03 bits per heavy atom. The Bertz CT molecular complexity index is 1290. The summed E-state index contributed by atoms with van der Waals surface area (Å²) >= 11 is 8.52. The van der Waals surface area contributed by atoms with Crippen LogP contribution in [0.2, 0.25) is 0 Å². The molecule has 3 aromatic rings. The highest BCUT2D eigenvalue weighted by Gasteiger charge is 2.17. The van der Waals surface area contributed by atoms with E-state index >= 15 is 0 Å². The zero-order chi connectivity index (χ0) is 24.2. The van der Waals surface area contributed by atoms with E-state index in [0.29, 0.717) is 32.9 Å². The molecule has 0 aliphatic carbocycles. The summed E-state index contributed by atoms with van der Waals surface area (Å²) in [5.41, 5.74) is 2.09. The number of hydrogen-bond donors (Lipinski definition) is 3. The van der Waals surface area contributed by atoms with Gasteiger partial charge in [0.2, 0.25) is 5.95 Å². The van der Waals surface area contributed by atoms with Gasteiger partial charge in [0, 0.05) is 21.5 Å². The second-order valence-electron chi connectivity index (χ2n) is 6.86. The first-order chi connectivity index (χ1) is 15.6. The minimum Gasteiger partial charge on any atom is -0.496 e. The molecule has 3 N–H and O–H groups in total. The predicted octanol–water partition coefficient (Wildman–Crippen LogP) is 3.79. The van der Waals surface area contributed by atoms with Crippen LogP contribution >= 0.6 is 28.1 Å². The maximum atomic E-state index is 12.6. The zero-order valence-electron chi connectivity index (χ0n) is 17.8. The van der Waals surface area contributed by atoms with Gasteiger partial charge in [0.1, 0.15) is 5.75 Å². The van der Waals surface area contributed by atoms with Crippen LogP contribution in [-0.4, -0.2) is 36.5 Å². The van der Waals surface area contributed by atoms with Crippen molar-refractivity contribution in [2.24, 2.45) is 0 Å². The second kappa shape index (κ2) is 10.2. The molecule has 9 nitrogen and oxygen atoms in total. The molecular formula is C21H20BrN5O4S2. The zero-order valence-corrected chi connectivity index (χ0v) is 21.1. The van der Waals surface area contributed by atoms with Gasteiger partial charge in [-0.3, -0.25) is 10.1 Å². The van der Waals surface area contributed by atoms with Gasteiger partial charge in [-0.15, -0.1) is 0 Å². The van der Waals surface area contributed by atoms with Crippen LogP contribution in [-0.2, 0) is 10.0 Å². The Hall–Kier alpha value is -3.09. The Balaban J connectivity index is 1.67. The number of rotatable bonds is 6. The van der Waals surface area contributed by atoms with Crippen molar-refractivity contribution in [2.75, 3.05) is 17.1 Å². The van der Waals surface area contributed by atoms with Crippen molar-refractivity contribution in [2.45, 2.75) is 18.7 Å². The number of hydrogen-bond acceptors (Lipinski definition) is 7. The molecule has 1 heterocycles. The van der Waals surface area contributed by atoms with Crippen molar-refractivity contribution < 1.29 is 17.9 Å². The average molecular weight is 550 g/mol. The molecule has 0 atom stereocenters. The number of methoxy groups -OCH3 is 1. The van der Waals surface area contributed by atoms with Crippen LogP contribution in [0.5, 0.6) is 5.75 Å². The van der Waals surface area contributed by atoms with E-state index in [4.69, 9.17) is 17.0 Å². The van der Waals surface area contributed by atoms with Crippen molar-refractivity contribution in [3.63, 3.8) is 0 Å². The number of sulfonamides is 1. The molecule has 3 rings (SSSR count). The maximum Gasteiger partial charge on any atom is 0.264 e. The summed E-state index contributed by atoms with van der Waals surface area (Å²) in [6, 6.07) is 12.6. The van der Waals surface area contributed by atoms with Gasteiger partial charge in [0.15, 0.2) is 5.11 Å². The standard InChI is InChI=1S/C21H20BrN5O4S2/c1-12-10-13(2)24-20(23-12)27-33(29,30)16-7-5-15(6-8-16)25-21(32)26-19(28)17-11-14(22)4-9-18(17)31-3/h4-11H,1-3H3,(H,23,24,27)(H2,25,26,28,32). The Morgan fingerprint density at radius 3 is 2.27 bits per heavy atom. The van der Waals surface area contributed by atoms with E-state index in [1.54, 1.807) is 38.1 Å². The first kappa shape index (κ1) is 24.6. The Morgan fingerprint density at radius 2 is 1.67 bits per heavy atom. The van der Waals surface area contributed by atoms with E-state index in [-0.39, 0.29) is 16.0 Å². The average Bonchev–Trinajstić information content (AvgIpc) is 2.73. The number of nitrogens with one attached hydrogen (secondary N) is 3. The van der Waals surface area contributed by atoms with Crippen molar-refractivity contribution in [1.29, 1.82) is 0 Å². The number of benzene rings is 2. The number of aryl methyl sites for hydroxylation is 2. The number of carbonyl (C=O) groups is 1. The molecular weight excluding hydrogens is 530 g/mol. The molecule has 0 radical (unpaired) electrons. The van der Waals surface area contributed by atoms with Crippen molar-refractivity contribution in [3.8, 4) is 5.75 Å². The van der Waals surface area contributed by atoms with Gasteiger partial charge in [-0.25, -0.2) is 23.1 Å². The summed E-state index contributed by atoms with van der Waals surface area (Å²) in [4.78, 5) is 20.7. The van der Waals surface area contributed by atoms with E-state index < -0.39 is 15.9 Å². The van der Waals surface area contributed by atoms with Crippen LogP contribution in [0.4, 0.5) is 11.6 Å². The highest BCUT2D eigenvalue weighted by atomic mass is 79.9. The molecule has 12 heteroatoms. The SMILES string of the molecule is COc1ccc(Br)cc1C(=O)NC(=S)Nc1ccc(S(=O)(=O)Nc2nc(C)cc(C)n2)cc1. The number of ether oxygens (including phenoxy) is 1. The maximum absolute atomic E-state index is 12.6. The van der Waals surface area contributed by atoms with Gasteiger partial charge in [-0.1, -0.05) is 15.9 Å². The van der Waals surface area contributed by atoms with Crippen LogP contribution in [0.25, 0.3) is 0 Å². The van der Waals surface area contributed by atoms with Crippen LogP contribution in [0.3, 0.4) is 0 Å². The number of halogens is 1. The monoisotopic (exact) mass is 549 g/mol. The molecule has 0 aliphatic rings. The smallest absolute Gasteiger partial charge is 0.264 e. The van der Waals surface area contributed by atoms with E-state index in [2.05, 4.69) is 41.3 Å². The predicted molar refractivity (Wildman–Crippen MR) is 133 cm³/mol. The van der Waals surface area contributed by atoms with Crippen molar-refractivity contribution in [3.05, 3.63) is 70.0 Å². The summed E-state index contributed by atoms with van der Waals surface area (Å²) in [6.45, 7) is 3.50. The van der Waals surface area contributed by atoms with Gasteiger partial charge in [0.05, 0.1) is 17.6 Å². The molecule has 1 amide bonds. The highest BCUT2D eigenvalue weighted by molar-refractivity contribution is 9.10. The van der Waals surface area contributed by atoms with Crippen LogP contribution in [0.1, 0.15) is 21.7 Å². The molecule has 1 aromatic heterocycles. The number of anilines is 2. The van der Waals surface area contributed by atoms with Gasteiger partial charge in [0.25, 0.3) is 15.9 Å². The second-order valence-corrected chi connectivity index (χ2v) is 9.86. The number of nitrogens with zero attached hydrogens (tertiary/aromatic N) is 2. The fourth-order valence-corrected chi connectivity index (χ4v) is 4.37. The Kier molecular flexibility index (Phi) is 7.61. The molecule has 0 saturated heterocycles. The van der Waals surface area contributed by atoms with Crippen molar-refractivity contribution >= 4 is 60.8 Å². The van der Waals surface area contributed by atoms with Gasteiger partial charge >= 0.3 is 0 Å². The fourth-order valence-electron chi connectivity index (χ4n) is 2.86. The summed E-state index contributed by atoms with van der Waals surface area (Å²) in [5.74, 6) is -0.0580. The third-order valence-corrected chi connectivity index (χ3v) is 6.31. The summed E-state index contributed by atoms with van der Waals surface area (Å²) in [7, 11) is -2.42. The third kappa shape index (κ3) is 6.46. The molecule has 0 saturated carbocycles. The van der Waals surface area contributed by atoms with E-state index in [9.17, 15) is 13.2 Å². The molecule has 2 aromatic carbocycles. The van der Waals surface area contributed by atoms with Gasteiger partial charge in [-0.05, 0) is 74.6 Å². The minimum atomic E-state index is -3.88. The molecule has 33 heavy (non-hydrogen) atoms. The third-order valence-electron chi connectivity index (χ3n) is 4.26. The summed E-state index contributed by atoms with van der Waals surface area (Å²) in [6.07, 6.45) is 0. The number of aromatic nitrogens is 2. The van der Waals surface area contributed by atoms with Crippen LogP contribution in [0, 0.1) is 13.8 Å². The number of carbonyl (C=O) groups excluding carboxylic acids is 1. The quantitative estimate of drug-likeness (QED) is 0.397. The molecule has 0 spiro atoms. The molecule has 0 unspecified atom stereocenters. The fraction of sp³-hybridized carbons (Fsp3) is 0.143. The number of amides is 1. The largest absolute Gasteiger partial charge is 0.496 e. The summed E-state index contributed by atoms with van der Waals surface area (Å²) < 4.78 is 33.6. The van der Waals surface area contributed by atoms with E-state index in [1.165, 1.54) is 31.4 Å². The molecule has 172 valence electrons. The van der Waals surface area contributed by atoms with E-state index in [0.717, 1.165) is 0 Å². The first-order valence-electron chi connectivity index (χ1n) is 9.48. The molecule has 0 bridgehead atoms. The molecule has 0 fully saturated rings. The van der Waals surface area contributed by atoms with Gasteiger partial charge in [-0.2, -0.15) is 0 Å². The lowest BCUT2D eigenvalue weighted by molar-refractivity contribution is 0.0974.